The Kier molecular flexibility index (Phi) is 6.90. The molecule has 0 saturated heterocycles. The molecule has 214 valence electrons. The molecule has 42 heavy (non-hydrogen) atoms. The van der Waals surface area contributed by atoms with Gasteiger partial charge in [-0.2, -0.15) is 0 Å². The number of aromatic hydroxyl groups is 1. The van der Waals surface area contributed by atoms with E-state index in [2.05, 4.69) is 30.8 Å². The second kappa shape index (κ2) is 10.4. The van der Waals surface area contributed by atoms with Gasteiger partial charge in [-0.05, 0) is 84.4 Å². The maximum atomic E-state index is 13.9. The number of carbonyl (C=O) groups is 2. The van der Waals surface area contributed by atoms with Crippen molar-refractivity contribution in [1.29, 1.82) is 0 Å². The number of benzene rings is 3. The van der Waals surface area contributed by atoms with E-state index >= 15 is 0 Å². The summed E-state index contributed by atoms with van der Waals surface area (Å²) in [7, 11) is 0. The number of aliphatic hydroxyl groups excluding tert-OH is 2. The van der Waals surface area contributed by atoms with Gasteiger partial charge < -0.3 is 20.4 Å². The van der Waals surface area contributed by atoms with Crippen molar-refractivity contribution in [3.05, 3.63) is 118 Å². The minimum atomic E-state index is -2.33. The summed E-state index contributed by atoms with van der Waals surface area (Å²) in [6.07, 6.45) is 3.31. The highest BCUT2D eigenvalue weighted by molar-refractivity contribution is 6.14. The van der Waals surface area contributed by atoms with Gasteiger partial charge in [-0.3, -0.25) is 9.59 Å². The third-order valence-electron chi connectivity index (χ3n) is 9.14. The summed E-state index contributed by atoms with van der Waals surface area (Å²) in [5, 5.41) is 44.9. The zero-order chi connectivity index (χ0) is 29.8. The molecule has 3 atom stereocenters. The van der Waals surface area contributed by atoms with E-state index in [0.29, 0.717) is 12.0 Å². The minimum absolute atomic E-state index is 0.0228. The molecule has 6 nitrogen and oxygen atoms in total. The van der Waals surface area contributed by atoms with Crippen molar-refractivity contribution in [2.75, 3.05) is 0 Å². The van der Waals surface area contributed by atoms with Crippen LogP contribution in [0.2, 0.25) is 0 Å². The molecule has 0 aliphatic heterocycles. The fourth-order valence-electron chi connectivity index (χ4n) is 7.11. The summed E-state index contributed by atoms with van der Waals surface area (Å²) < 4.78 is 0. The van der Waals surface area contributed by atoms with Gasteiger partial charge in [0.2, 0.25) is 5.78 Å². The molecule has 3 aliphatic rings. The van der Waals surface area contributed by atoms with E-state index in [1.807, 2.05) is 36.4 Å². The fraction of sp³-hybridized carbons (Fsp3) is 0.278. The summed E-state index contributed by atoms with van der Waals surface area (Å²) in [6.45, 7) is 5.27. The third-order valence-corrected chi connectivity index (χ3v) is 9.14. The van der Waals surface area contributed by atoms with E-state index < -0.39 is 34.7 Å². The smallest absolute Gasteiger partial charge is 0.202 e. The van der Waals surface area contributed by atoms with Crippen molar-refractivity contribution < 1.29 is 30.0 Å². The largest absolute Gasteiger partial charge is 0.508 e. The van der Waals surface area contributed by atoms with Crippen LogP contribution in [-0.2, 0) is 28.9 Å². The molecule has 0 unspecified atom stereocenters. The van der Waals surface area contributed by atoms with E-state index in [9.17, 15) is 30.0 Å². The maximum absolute atomic E-state index is 13.9. The van der Waals surface area contributed by atoms with E-state index in [1.54, 1.807) is 0 Å². The molecule has 0 heterocycles. The first kappa shape index (κ1) is 27.7. The van der Waals surface area contributed by atoms with Crippen molar-refractivity contribution >= 4 is 17.3 Å². The Labute approximate surface area is 245 Å². The summed E-state index contributed by atoms with van der Waals surface area (Å²) in [6, 6.07) is 21.9. The van der Waals surface area contributed by atoms with Gasteiger partial charge in [0.15, 0.2) is 11.4 Å². The average molecular weight is 563 g/mol. The van der Waals surface area contributed by atoms with Crippen LogP contribution in [0.4, 0.5) is 0 Å². The van der Waals surface area contributed by atoms with Gasteiger partial charge in [-0.15, -0.1) is 0 Å². The number of hydrogen-bond acceptors (Lipinski definition) is 6. The number of hydrogen-bond donors (Lipinski definition) is 4. The van der Waals surface area contributed by atoms with Crippen LogP contribution in [0.1, 0.15) is 48.4 Å². The van der Waals surface area contributed by atoms with Crippen molar-refractivity contribution in [2.45, 2.75) is 51.0 Å². The second-order valence-electron chi connectivity index (χ2n) is 11.8. The molecular formula is C36H34O6. The normalized spacial score (nSPS) is 23.4. The highest BCUT2D eigenvalue weighted by atomic mass is 16.3. The van der Waals surface area contributed by atoms with Crippen molar-refractivity contribution in [3.8, 4) is 16.9 Å². The lowest BCUT2D eigenvalue weighted by atomic mass is 9.58. The van der Waals surface area contributed by atoms with E-state index in [4.69, 9.17) is 0 Å². The van der Waals surface area contributed by atoms with Crippen molar-refractivity contribution in [2.24, 2.45) is 11.8 Å². The van der Waals surface area contributed by atoms with Crippen LogP contribution in [-0.4, -0.2) is 37.6 Å². The Morgan fingerprint density at radius 2 is 1.64 bits per heavy atom. The zero-order valence-electron chi connectivity index (χ0n) is 23.6. The monoisotopic (exact) mass is 562 g/mol. The molecule has 4 N–H and O–H groups in total. The standard InChI is InChI=1S/C36H34O6/c1-20(2)30-29(38)19-25-17-24-18-27-26(23-13-7-12-22(16-23)11-6-10-21-8-4-3-5-9-21)14-15-28(37)32(27)33(39)31(24)35(41)36(25,42)34(30)40/h3-5,7-9,12-16,24-25,37,39-40,42H,1,6,10-11,17-19H2,2H3/t24-,25+,36-/m1/s1. The van der Waals surface area contributed by atoms with Gasteiger partial charge in [0.05, 0.1) is 11.1 Å². The molecule has 6 rings (SSSR count). The van der Waals surface area contributed by atoms with Crippen LogP contribution in [0.15, 0.2) is 95.8 Å². The number of phenolic OH excluding ortho intramolecular Hbond substituents is 1. The molecule has 3 aliphatic carbocycles. The van der Waals surface area contributed by atoms with E-state index in [1.165, 1.54) is 24.1 Å². The average Bonchev–Trinajstić information content (AvgIpc) is 2.95. The maximum Gasteiger partial charge on any atom is 0.202 e. The zero-order valence-corrected chi connectivity index (χ0v) is 23.6. The molecule has 1 fully saturated rings. The van der Waals surface area contributed by atoms with Gasteiger partial charge in [0, 0.05) is 17.9 Å². The molecule has 1 saturated carbocycles. The Morgan fingerprint density at radius 1 is 0.929 bits per heavy atom. The Balaban J connectivity index is 1.37. The Morgan fingerprint density at radius 3 is 2.38 bits per heavy atom. The third kappa shape index (κ3) is 4.38. The molecule has 3 aromatic rings. The van der Waals surface area contributed by atoms with Crippen LogP contribution in [0, 0.1) is 11.8 Å². The lowest BCUT2D eigenvalue weighted by Gasteiger charge is -2.46. The predicted octanol–water partition coefficient (Wildman–Crippen LogP) is 6.36. The molecule has 0 aromatic heterocycles. The molecule has 6 heteroatoms. The fourth-order valence-corrected chi connectivity index (χ4v) is 7.11. The topological polar surface area (TPSA) is 115 Å². The van der Waals surface area contributed by atoms with Crippen LogP contribution in [0.25, 0.3) is 16.9 Å². The first-order valence-corrected chi connectivity index (χ1v) is 14.4. The Bertz CT molecular complexity index is 1690. The summed E-state index contributed by atoms with van der Waals surface area (Å²) in [5.74, 6) is -3.78. The highest BCUT2D eigenvalue weighted by Crippen LogP contribution is 2.53. The number of ketones is 2. The molecular weight excluding hydrogens is 528 g/mol. The number of Topliss-reactive ketones (excluding diaryl/α,β-unsaturated/α-hetero) is 2. The van der Waals surface area contributed by atoms with E-state index in [0.717, 1.165) is 30.4 Å². The summed E-state index contributed by atoms with van der Waals surface area (Å²) >= 11 is 0. The quantitative estimate of drug-likeness (QED) is 0.278. The predicted molar refractivity (Wildman–Crippen MR) is 161 cm³/mol. The van der Waals surface area contributed by atoms with Crippen LogP contribution < -0.4 is 0 Å². The number of rotatable bonds is 6. The van der Waals surface area contributed by atoms with Crippen LogP contribution >= 0.6 is 0 Å². The van der Waals surface area contributed by atoms with Crippen molar-refractivity contribution in [1.82, 2.24) is 0 Å². The van der Waals surface area contributed by atoms with Gasteiger partial charge in [-0.1, -0.05) is 67.2 Å². The molecule has 0 bridgehead atoms. The van der Waals surface area contributed by atoms with Gasteiger partial charge in [-0.25, -0.2) is 0 Å². The lowest BCUT2D eigenvalue weighted by Crippen LogP contribution is -2.57. The van der Waals surface area contributed by atoms with Crippen molar-refractivity contribution in [3.63, 3.8) is 0 Å². The first-order valence-electron chi connectivity index (χ1n) is 14.4. The number of phenols is 1. The number of allylic oxidation sites excluding steroid dienone is 2. The summed E-state index contributed by atoms with van der Waals surface area (Å²) in [4.78, 5) is 26.7. The molecule has 0 spiro atoms. The SMILES string of the molecule is C=C(C)C1=C(O)[C@@]2(O)C(=O)C3=C(O)c4c(O)ccc(-c5cccc(CCCc6ccccc6)c5)c4C[C@H]3C[C@H]2CC1=O. The molecule has 0 radical (unpaired) electrons. The first-order chi connectivity index (χ1) is 20.1. The van der Waals surface area contributed by atoms with Gasteiger partial charge in [0.25, 0.3) is 0 Å². The van der Waals surface area contributed by atoms with Gasteiger partial charge >= 0.3 is 0 Å². The lowest BCUT2D eigenvalue weighted by molar-refractivity contribution is -0.147. The number of fused-ring (bicyclic) bond motifs is 3. The second-order valence-corrected chi connectivity index (χ2v) is 11.8. The molecule has 0 amide bonds. The highest BCUT2D eigenvalue weighted by Gasteiger charge is 2.59. The number of aliphatic hydroxyl groups is 3. The summed E-state index contributed by atoms with van der Waals surface area (Å²) in [5.41, 5.74) is 2.91. The number of aryl methyl sites for hydroxylation is 2. The van der Waals surface area contributed by atoms with E-state index in [-0.39, 0.29) is 46.7 Å². The van der Waals surface area contributed by atoms with Gasteiger partial charge in [0.1, 0.15) is 17.3 Å². The number of carbonyl (C=O) groups excluding carboxylic acids is 2. The Hall–Kier alpha value is -4.42. The molecule has 3 aromatic carbocycles. The van der Waals surface area contributed by atoms with Crippen LogP contribution in [0.3, 0.4) is 0 Å². The minimum Gasteiger partial charge on any atom is -0.508 e. The van der Waals surface area contributed by atoms with Crippen LogP contribution in [0.5, 0.6) is 5.75 Å².